The van der Waals surface area contributed by atoms with Gasteiger partial charge in [-0.3, -0.25) is 9.59 Å². The summed E-state index contributed by atoms with van der Waals surface area (Å²) in [6.07, 6.45) is 0. The van der Waals surface area contributed by atoms with Gasteiger partial charge in [0.25, 0.3) is 5.91 Å². The van der Waals surface area contributed by atoms with Gasteiger partial charge in [-0.2, -0.15) is 0 Å². The summed E-state index contributed by atoms with van der Waals surface area (Å²) in [7, 11) is 0. The molecule has 0 heterocycles. The highest BCUT2D eigenvalue weighted by atomic mass is 79.9. The molecule has 6 heteroatoms. The number of nitrogens with one attached hydrogen (secondary N) is 1. The number of rotatable bonds is 8. The molecule has 2 amide bonds. The quantitative estimate of drug-likeness (QED) is 0.511. The molecule has 174 valence electrons. The molecule has 5 nitrogen and oxygen atoms in total. The smallest absolute Gasteiger partial charge is 0.261 e. The number of carbonyl (C=O) groups excluding carboxylic acids is 2. The SMILES string of the molecule is Cc1ccc(CN(C(=O)COc2ccc(C(C)C)cc2Br)[C@H](C)C(=O)NC(C)(C)C)cc1. The normalized spacial score (nSPS) is 12.4. The van der Waals surface area contributed by atoms with Gasteiger partial charge < -0.3 is 15.0 Å². The first-order valence-corrected chi connectivity index (χ1v) is 11.8. The predicted octanol–water partition coefficient (Wildman–Crippen LogP) is 5.59. The number of hydrogen-bond acceptors (Lipinski definition) is 3. The number of halogens is 1. The van der Waals surface area contributed by atoms with Crippen molar-refractivity contribution >= 4 is 27.7 Å². The van der Waals surface area contributed by atoms with E-state index in [1.165, 1.54) is 5.56 Å². The van der Waals surface area contributed by atoms with E-state index in [0.717, 1.165) is 15.6 Å². The lowest BCUT2D eigenvalue weighted by Crippen LogP contribution is -2.53. The Hall–Kier alpha value is -2.34. The molecular formula is C26H35BrN2O3. The van der Waals surface area contributed by atoms with Crippen LogP contribution in [0.1, 0.15) is 64.2 Å². The molecule has 32 heavy (non-hydrogen) atoms. The van der Waals surface area contributed by atoms with Gasteiger partial charge in [-0.15, -0.1) is 0 Å². The number of nitrogens with zero attached hydrogens (tertiary/aromatic N) is 1. The van der Waals surface area contributed by atoms with E-state index in [-0.39, 0.29) is 24.0 Å². The zero-order valence-corrected chi connectivity index (χ0v) is 21.7. The summed E-state index contributed by atoms with van der Waals surface area (Å²) < 4.78 is 6.64. The summed E-state index contributed by atoms with van der Waals surface area (Å²) in [6, 6.07) is 13.2. The van der Waals surface area contributed by atoms with E-state index in [2.05, 4.69) is 35.1 Å². The maximum Gasteiger partial charge on any atom is 0.261 e. The maximum absolute atomic E-state index is 13.2. The number of carbonyl (C=O) groups is 2. The molecule has 1 N–H and O–H groups in total. The van der Waals surface area contributed by atoms with E-state index in [4.69, 9.17) is 4.74 Å². The van der Waals surface area contributed by atoms with E-state index in [1.807, 2.05) is 70.2 Å². The first-order valence-electron chi connectivity index (χ1n) is 11.0. The van der Waals surface area contributed by atoms with E-state index in [9.17, 15) is 9.59 Å². The van der Waals surface area contributed by atoms with Gasteiger partial charge in [-0.05, 0) is 79.7 Å². The summed E-state index contributed by atoms with van der Waals surface area (Å²) >= 11 is 3.53. The molecule has 0 saturated carbocycles. The Morgan fingerprint density at radius 2 is 1.69 bits per heavy atom. The van der Waals surface area contributed by atoms with Gasteiger partial charge in [0, 0.05) is 12.1 Å². The molecule has 0 aliphatic rings. The largest absolute Gasteiger partial charge is 0.483 e. The molecule has 0 spiro atoms. The number of hydrogen-bond donors (Lipinski definition) is 1. The molecule has 0 unspecified atom stereocenters. The van der Waals surface area contributed by atoms with Crippen LogP contribution in [0, 0.1) is 6.92 Å². The third-order valence-electron chi connectivity index (χ3n) is 5.11. The molecule has 2 rings (SSSR count). The minimum absolute atomic E-state index is 0.154. The highest BCUT2D eigenvalue weighted by Gasteiger charge is 2.28. The van der Waals surface area contributed by atoms with Crippen molar-refractivity contribution in [2.45, 2.75) is 72.5 Å². The van der Waals surface area contributed by atoms with Crippen molar-refractivity contribution in [3.8, 4) is 5.75 Å². The van der Waals surface area contributed by atoms with Crippen molar-refractivity contribution in [1.29, 1.82) is 0 Å². The summed E-state index contributed by atoms with van der Waals surface area (Å²) in [6.45, 7) is 14.0. The Bertz CT molecular complexity index is 933. The molecular weight excluding hydrogens is 468 g/mol. The second kappa shape index (κ2) is 11.0. The number of aryl methyl sites for hydroxylation is 1. The fourth-order valence-electron chi connectivity index (χ4n) is 3.16. The van der Waals surface area contributed by atoms with Crippen molar-refractivity contribution < 1.29 is 14.3 Å². The third-order valence-corrected chi connectivity index (χ3v) is 5.73. The van der Waals surface area contributed by atoms with Crippen molar-refractivity contribution in [3.63, 3.8) is 0 Å². The van der Waals surface area contributed by atoms with E-state index in [0.29, 0.717) is 18.2 Å². The Labute approximate surface area is 200 Å². The van der Waals surface area contributed by atoms with Crippen molar-refractivity contribution in [3.05, 3.63) is 63.6 Å². The van der Waals surface area contributed by atoms with Gasteiger partial charge in [0.15, 0.2) is 6.61 Å². The standard InChI is InChI=1S/C26H35BrN2O3/c1-17(2)21-12-13-23(22(27)14-21)32-16-24(30)29(15-20-10-8-18(3)9-11-20)19(4)25(31)28-26(5,6)7/h8-14,17,19H,15-16H2,1-7H3,(H,28,31)/t19-/m1/s1. The summed E-state index contributed by atoms with van der Waals surface area (Å²) in [5.41, 5.74) is 2.90. The van der Waals surface area contributed by atoms with Crippen LogP contribution in [0.5, 0.6) is 5.75 Å². The van der Waals surface area contributed by atoms with Crippen molar-refractivity contribution in [1.82, 2.24) is 10.2 Å². The van der Waals surface area contributed by atoms with Gasteiger partial charge in [-0.1, -0.05) is 49.7 Å². The van der Waals surface area contributed by atoms with Crippen LogP contribution >= 0.6 is 15.9 Å². The Kier molecular flexibility index (Phi) is 8.90. The van der Waals surface area contributed by atoms with Gasteiger partial charge in [0.05, 0.1) is 4.47 Å². The number of amides is 2. The fourth-order valence-corrected chi connectivity index (χ4v) is 3.67. The van der Waals surface area contributed by atoms with E-state index < -0.39 is 6.04 Å². The number of benzene rings is 2. The Morgan fingerprint density at radius 3 is 2.22 bits per heavy atom. The van der Waals surface area contributed by atoms with Crippen LogP contribution in [0.2, 0.25) is 0 Å². The van der Waals surface area contributed by atoms with Crippen LogP contribution < -0.4 is 10.1 Å². The second-order valence-electron chi connectivity index (χ2n) is 9.56. The van der Waals surface area contributed by atoms with Crippen LogP contribution in [0.25, 0.3) is 0 Å². The monoisotopic (exact) mass is 502 g/mol. The minimum atomic E-state index is -0.640. The zero-order valence-electron chi connectivity index (χ0n) is 20.2. The number of ether oxygens (including phenoxy) is 1. The first kappa shape index (κ1) is 25.9. The highest BCUT2D eigenvalue weighted by molar-refractivity contribution is 9.10. The lowest BCUT2D eigenvalue weighted by molar-refractivity contribution is -0.142. The highest BCUT2D eigenvalue weighted by Crippen LogP contribution is 2.29. The van der Waals surface area contributed by atoms with Crippen LogP contribution in [-0.2, 0) is 16.1 Å². The first-order chi connectivity index (χ1) is 14.9. The van der Waals surface area contributed by atoms with Crippen molar-refractivity contribution in [2.24, 2.45) is 0 Å². The van der Waals surface area contributed by atoms with E-state index in [1.54, 1.807) is 11.8 Å². The van der Waals surface area contributed by atoms with Gasteiger partial charge in [0.1, 0.15) is 11.8 Å². The average Bonchev–Trinajstić information content (AvgIpc) is 2.70. The lowest BCUT2D eigenvalue weighted by atomic mass is 10.0. The Balaban J connectivity index is 2.19. The predicted molar refractivity (Wildman–Crippen MR) is 133 cm³/mol. The molecule has 0 fully saturated rings. The molecule has 2 aromatic carbocycles. The van der Waals surface area contributed by atoms with E-state index >= 15 is 0 Å². The minimum Gasteiger partial charge on any atom is -0.483 e. The van der Waals surface area contributed by atoms with Crippen LogP contribution in [-0.4, -0.2) is 34.9 Å². The fraction of sp³-hybridized carbons (Fsp3) is 0.462. The maximum atomic E-state index is 13.2. The Morgan fingerprint density at radius 1 is 1.06 bits per heavy atom. The topological polar surface area (TPSA) is 58.6 Å². The lowest BCUT2D eigenvalue weighted by Gasteiger charge is -2.31. The van der Waals surface area contributed by atoms with Crippen LogP contribution in [0.4, 0.5) is 0 Å². The molecule has 0 aromatic heterocycles. The molecule has 1 atom stereocenters. The summed E-state index contributed by atoms with van der Waals surface area (Å²) in [4.78, 5) is 27.6. The second-order valence-corrected chi connectivity index (χ2v) is 10.4. The van der Waals surface area contributed by atoms with Gasteiger partial charge in [0.2, 0.25) is 5.91 Å². The van der Waals surface area contributed by atoms with Crippen LogP contribution in [0.3, 0.4) is 0 Å². The molecule has 0 aliphatic heterocycles. The third kappa shape index (κ3) is 7.66. The molecule has 0 radical (unpaired) electrons. The zero-order chi connectivity index (χ0) is 24.1. The summed E-state index contributed by atoms with van der Waals surface area (Å²) in [5, 5.41) is 2.97. The molecule has 0 aliphatic carbocycles. The molecule has 0 bridgehead atoms. The summed E-state index contributed by atoms with van der Waals surface area (Å²) in [5.74, 6) is 0.557. The van der Waals surface area contributed by atoms with Gasteiger partial charge >= 0.3 is 0 Å². The van der Waals surface area contributed by atoms with Crippen LogP contribution in [0.15, 0.2) is 46.9 Å². The average molecular weight is 503 g/mol. The molecule has 2 aromatic rings. The van der Waals surface area contributed by atoms with Gasteiger partial charge in [-0.25, -0.2) is 0 Å². The van der Waals surface area contributed by atoms with Crippen molar-refractivity contribution in [2.75, 3.05) is 6.61 Å². The molecule has 0 saturated heterocycles.